The van der Waals surface area contributed by atoms with E-state index in [1.165, 1.54) is 4.90 Å². The van der Waals surface area contributed by atoms with Crippen molar-refractivity contribution in [1.29, 1.82) is 0 Å². The number of β-amino-alcohol motifs (C(OH)–C–C–N with tert-alkyl or cyclic N) is 1. The molecule has 4 rings (SSSR count). The number of para-hydroxylation sites is 1. The van der Waals surface area contributed by atoms with Gasteiger partial charge in [0.2, 0.25) is 5.76 Å². The first-order valence-electron chi connectivity index (χ1n) is 10.2. The smallest absolute Gasteiger partial charge is 0.290 e. The molecular weight excluding hydrogens is 382 g/mol. The number of amides is 1. The second-order valence-electron chi connectivity index (χ2n) is 7.90. The van der Waals surface area contributed by atoms with E-state index in [1.807, 2.05) is 24.3 Å². The highest BCUT2D eigenvalue weighted by atomic mass is 16.5. The molecule has 2 aromatic carbocycles. The van der Waals surface area contributed by atoms with Gasteiger partial charge in [0, 0.05) is 6.54 Å². The SMILES string of the molecule is CC(C)CCOc1cccc(C2c3c(oc4ccccc4c3=O)C(=O)N2CCO)c1. The zero-order valence-electron chi connectivity index (χ0n) is 17.1. The Morgan fingerprint density at radius 1 is 1.13 bits per heavy atom. The number of aliphatic hydroxyl groups is 1. The minimum atomic E-state index is -0.630. The Kier molecular flexibility index (Phi) is 5.59. The van der Waals surface area contributed by atoms with Gasteiger partial charge in [0.1, 0.15) is 11.3 Å². The second kappa shape index (κ2) is 8.32. The van der Waals surface area contributed by atoms with Gasteiger partial charge in [-0.1, -0.05) is 38.1 Å². The fourth-order valence-electron chi connectivity index (χ4n) is 3.84. The molecule has 1 N–H and O–H groups in total. The molecule has 0 radical (unpaired) electrons. The van der Waals surface area contributed by atoms with Crippen molar-refractivity contribution in [2.45, 2.75) is 26.3 Å². The summed E-state index contributed by atoms with van der Waals surface area (Å²) in [5.41, 5.74) is 1.22. The molecule has 2 heterocycles. The number of ether oxygens (including phenoxy) is 1. The molecule has 0 spiro atoms. The van der Waals surface area contributed by atoms with Gasteiger partial charge in [-0.2, -0.15) is 0 Å². The van der Waals surface area contributed by atoms with E-state index in [9.17, 15) is 14.7 Å². The number of nitrogens with zero attached hydrogens (tertiary/aromatic N) is 1. The Hall–Kier alpha value is -3.12. The zero-order valence-corrected chi connectivity index (χ0v) is 17.1. The van der Waals surface area contributed by atoms with Gasteiger partial charge in [0.15, 0.2) is 5.43 Å². The molecule has 0 aliphatic carbocycles. The number of carbonyl (C=O) groups is 1. The van der Waals surface area contributed by atoms with Gasteiger partial charge in [-0.3, -0.25) is 9.59 Å². The number of hydrogen-bond acceptors (Lipinski definition) is 5. The van der Waals surface area contributed by atoms with Gasteiger partial charge in [0.05, 0.1) is 30.2 Å². The molecule has 6 nitrogen and oxygen atoms in total. The molecule has 1 amide bonds. The van der Waals surface area contributed by atoms with Crippen LogP contribution in [-0.2, 0) is 0 Å². The van der Waals surface area contributed by atoms with Gasteiger partial charge in [0.25, 0.3) is 5.91 Å². The Balaban J connectivity index is 1.80. The number of carbonyl (C=O) groups excluding carboxylic acids is 1. The van der Waals surface area contributed by atoms with E-state index in [0.717, 1.165) is 12.0 Å². The van der Waals surface area contributed by atoms with Crippen molar-refractivity contribution in [3.8, 4) is 5.75 Å². The third kappa shape index (κ3) is 3.59. The molecule has 1 atom stereocenters. The molecule has 0 saturated heterocycles. The summed E-state index contributed by atoms with van der Waals surface area (Å²) in [5.74, 6) is 0.870. The maximum Gasteiger partial charge on any atom is 0.290 e. The van der Waals surface area contributed by atoms with Crippen LogP contribution in [0.4, 0.5) is 0 Å². The normalized spacial score (nSPS) is 15.8. The van der Waals surface area contributed by atoms with Crippen LogP contribution in [-0.4, -0.2) is 35.7 Å². The highest BCUT2D eigenvalue weighted by Crippen LogP contribution is 2.38. The van der Waals surface area contributed by atoms with Crippen molar-refractivity contribution in [2.75, 3.05) is 19.8 Å². The highest BCUT2D eigenvalue weighted by Gasteiger charge is 2.42. The van der Waals surface area contributed by atoms with Gasteiger partial charge < -0.3 is 19.2 Å². The average molecular weight is 407 g/mol. The quantitative estimate of drug-likeness (QED) is 0.645. The van der Waals surface area contributed by atoms with Crippen LogP contribution in [0, 0.1) is 5.92 Å². The first kappa shape index (κ1) is 20.2. The van der Waals surface area contributed by atoms with Crippen molar-refractivity contribution in [2.24, 2.45) is 5.92 Å². The lowest BCUT2D eigenvalue weighted by molar-refractivity contribution is 0.0691. The lowest BCUT2D eigenvalue weighted by atomic mass is 9.98. The Labute approximate surface area is 174 Å². The number of hydrogen-bond donors (Lipinski definition) is 1. The van der Waals surface area contributed by atoms with Crippen LogP contribution >= 0.6 is 0 Å². The Morgan fingerprint density at radius 3 is 2.70 bits per heavy atom. The van der Waals surface area contributed by atoms with E-state index in [-0.39, 0.29) is 24.3 Å². The standard InChI is InChI=1S/C24H25NO5/c1-15(2)10-13-29-17-7-5-6-16(14-17)21-20-22(27)18-8-3-4-9-19(18)30-23(20)24(28)25(21)11-12-26/h3-9,14-15,21,26H,10-13H2,1-2H3. The van der Waals surface area contributed by atoms with Crippen LogP contribution in [0.5, 0.6) is 5.75 Å². The lowest BCUT2D eigenvalue weighted by Crippen LogP contribution is -2.32. The molecule has 1 aliphatic rings. The van der Waals surface area contributed by atoms with Crippen molar-refractivity contribution >= 4 is 16.9 Å². The topological polar surface area (TPSA) is 80.0 Å². The highest BCUT2D eigenvalue weighted by molar-refractivity contribution is 5.99. The van der Waals surface area contributed by atoms with Crippen molar-refractivity contribution in [3.05, 3.63) is 75.6 Å². The van der Waals surface area contributed by atoms with Gasteiger partial charge in [-0.15, -0.1) is 0 Å². The molecule has 3 aromatic rings. The molecule has 30 heavy (non-hydrogen) atoms. The summed E-state index contributed by atoms with van der Waals surface area (Å²) in [7, 11) is 0. The zero-order chi connectivity index (χ0) is 21.3. The van der Waals surface area contributed by atoms with Crippen molar-refractivity contribution in [3.63, 3.8) is 0 Å². The Bertz CT molecular complexity index is 1130. The van der Waals surface area contributed by atoms with Gasteiger partial charge in [-0.05, 0) is 42.2 Å². The lowest BCUT2D eigenvalue weighted by Gasteiger charge is -2.24. The van der Waals surface area contributed by atoms with E-state index in [4.69, 9.17) is 9.15 Å². The first-order chi connectivity index (χ1) is 14.5. The summed E-state index contributed by atoms with van der Waals surface area (Å²) in [5, 5.41) is 9.98. The molecule has 1 aromatic heterocycles. The van der Waals surface area contributed by atoms with E-state index in [1.54, 1.807) is 24.3 Å². The van der Waals surface area contributed by atoms with Gasteiger partial charge >= 0.3 is 0 Å². The molecule has 0 bridgehead atoms. The fourth-order valence-corrected chi connectivity index (χ4v) is 3.84. The van der Waals surface area contributed by atoms with E-state index >= 15 is 0 Å². The van der Waals surface area contributed by atoms with E-state index < -0.39 is 11.9 Å². The number of fused-ring (bicyclic) bond motifs is 2. The maximum atomic E-state index is 13.3. The summed E-state index contributed by atoms with van der Waals surface area (Å²) >= 11 is 0. The summed E-state index contributed by atoms with van der Waals surface area (Å²) < 4.78 is 11.7. The Morgan fingerprint density at radius 2 is 1.93 bits per heavy atom. The molecule has 156 valence electrons. The number of aliphatic hydroxyl groups excluding tert-OH is 1. The number of rotatable bonds is 7. The number of benzene rings is 2. The predicted molar refractivity (Wildman–Crippen MR) is 114 cm³/mol. The predicted octanol–water partition coefficient (Wildman–Crippen LogP) is 3.76. The molecule has 1 aliphatic heterocycles. The molecule has 0 fully saturated rings. The van der Waals surface area contributed by atoms with Crippen LogP contribution in [0.15, 0.2) is 57.7 Å². The molecule has 0 saturated carbocycles. The van der Waals surface area contributed by atoms with Crippen LogP contribution in [0.1, 0.15) is 48.0 Å². The molecular formula is C24H25NO5. The van der Waals surface area contributed by atoms with E-state index in [0.29, 0.717) is 34.8 Å². The minimum absolute atomic E-state index is 0.0447. The maximum absolute atomic E-state index is 13.3. The van der Waals surface area contributed by atoms with Gasteiger partial charge in [-0.25, -0.2) is 0 Å². The summed E-state index contributed by atoms with van der Waals surface area (Å²) in [4.78, 5) is 27.8. The van der Waals surface area contributed by atoms with Crippen molar-refractivity contribution in [1.82, 2.24) is 4.90 Å². The largest absolute Gasteiger partial charge is 0.494 e. The summed E-state index contributed by atoms with van der Waals surface area (Å²) in [6, 6.07) is 13.7. The average Bonchev–Trinajstić information content (AvgIpc) is 3.01. The van der Waals surface area contributed by atoms with Crippen LogP contribution < -0.4 is 10.2 Å². The van der Waals surface area contributed by atoms with Crippen LogP contribution in [0.25, 0.3) is 11.0 Å². The third-order valence-electron chi connectivity index (χ3n) is 5.35. The summed E-state index contributed by atoms with van der Waals surface area (Å²) in [6.45, 7) is 4.75. The summed E-state index contributed by atoms with van der Waals surface area (Å²) in [6.07, 6.45) is 0.932. The minimum Gasteiger partial charge on any atom is -0.494 e. The monoisotopic (exact) mass is 407 g/mol. The van der Waals surface area contributed by atoms with Crippen LogP contribution in [0.3, 0.4) is 0 Å². The molecule has 1 unspecified atom stereocenters. The first-order valence-corrected chi connectivity index (χ1v) is 10.2. The van der Waals surface area contributed by atoms with E-state index in [2.05, 4.69) is 13.8 Å². The van der Waals surface area contributed by atoms with Crippen LogP contribution in [0.2, 0.25) is 0 Å². The van der Waals surface area contributed by atoms with Crippen molar-refractivity contribution < 1.29 is 19.1 Å². The second-order valence-corrected chi connectivity index (χ2v) is 7.90. The molecule has 6 heteroatoms. The third-order valence-corrected chi connectivity index (χ3v) is 5.35. The fraction of sp³-hybridized carbons (Fsp3) is 0.333.